The molecule has 0 spiro atoms. The third-order valence-corrected chi connectivity index (χ3v) is 16.5. The van der Waals surface area contributed by atoms with Crippen LogP contribution in [0.2, 0.25) is 0 Å². The third-order valence-electron chi connectivity index (χ3n) is 16.5. The Labute approximate surface area is 509 Å². The lowest BCUT2D eigenvalue weighted by Gasteiger charge is -2.26. The van der Waals surface area contributed by atoms with Gasteiger partial charge in [0.15, 0.2) is 12.4 Å². The van der Waals surface area contributed by atoms with E-state index < -0.39 is 24.3 Å². The van der Waals surface area contributed by atoms with Crippen molar-refractivity contribution in [3.63, 3.8) is 0 Å². The standard InChI is InChI=1S/C73H139NO8/c1-6-8-10-12-14-16-18-20-22-24-25-26-27-28-29-30-31-32-33-34-35-36-37-38-39-40-41-42-43-44-45-46-47-48-50-52-54-56-58-60-62-64-71(76)82-69(68-81-73(72(77)78)79-66-65-74(3,4)5)67-80-70(75)63-61-59-57-55-53-51-49-23-21-19-17-15-13-11-9-7-2/h18,20,24-25,69,73H,6-17,19,21-23,26-68H2,1-5H3/b20-18-,25-24-. The first-order valence-corrected chi connectivity index (χ1v) is 36.0. The Bertz CT molecular complexity index is 1390. The minimum absolute atomic E-state index is 0.152. The number of carbonyl (C=O) groups excluding carboxylic acids is 3. The number of hydrogen-bond acceptors (Lipinski definition) is 8. The van der Waals surface area contributed by atoms with Gasteiger partial charge < -0.3 is 33.3 Å². The molecule has 0 aliphatic carbocycles. The minimum atomic E-state index is -1.62. The molecule has 82 heavy (non-hydrogen) atoms. The van der Waals surface area contributed by atoms with Gasteiger partial charge in [0.05, 0.1) is 40.3 Å². The van der Waals surface area contributed by atoms with E-state index in [1.54, 1.807) is 0 Å². The highest BCUT2D eigenvalue weighted by Crippen LogP contribution is 2.19. The van der Waals surface area contributed by atoms with Crippen LogP contribution in [0, 0.1) is 0 Å². The molecule has 0 fully saturated rings. The summed E-state index contributed by atoms with van der Waals surface area (Å²) in [4.78, 5) is 37.4. The van der Waals surface area contributed by atoms with Gasteiger partial charge in [-0.05, 0) is 44.9 Å². The highest BCUT2D eigenvalue weighted by Gasteiger charge is 2.22. The van der Waals surface area contributed by atoms with Gasteiger partial charge in [-0.3, -0.25) is 9.59 Å². The molecular weight excluding hydrogens is 1020 g/mol. The molecule has 0 bridgehead atoms. The number of carboxylic acids is 1. The van der Waals surface area contributed by atoms with Crippen molar-refractivity contribution in [2.24, 2.45) is 0 Å². The molecule has 0 radical (unpaired) electrons. The summed E-state index contributed by atoms with van der Waals surface area (Å²) in [6, 6.07) is 0. The van der Waals surface area contributed by atoms with Gasteiger partial charge in [-0.25, -0.2) is 0 Å². The number of unbranched alkanes of at least 4 members (excludes halogenated alkanes) is 49. The van der Waals surface area contributed by atoms with Crippen molar-refractivity contribution < 1.29 is 42.9 Å². The van der Waals surface area contributed by atoms with Gasteiger partial charge in [-0.2, -0.15) is 0 Å². The van der Waals surface area contributed by atoms with Crippen LogP contribution in [0.4, 0.5) is 0 Å². The van der Waals surface area contributed by atoms with E-state index >= 15 is 0 Å². The highest BCUT2D eigenvalue weighted by atomic mass is 16.7. The third kappa shape index (κ3) is 65.3. The Hall–Kier alpha value is -2.23. The zero-order valence-electron chi connectivity index (χ0n) is 55.4. The number of nitrogens with zero attached hydrogens (tertiary/aromatic N) is 1. The van der Waals surface area contributed by atoms with E-state index in [1.807, 2.05) is 21.1 Å². The van der Waals surface area contributed by atoms with Crippen molar-refractivity contribution in [2.75, 3.05) is 47.5 Å². The number of carboxylic acid groups (broad SMARTS) is 1. The second-order valence-corrected chi connectivity index (χ2v) is 25.9. The number of likely N-dealkylation sites (N-methyl/N-ethyl adjacent to an activating group) is 1. The van der Waals surface area contributed by atoms with Gasteiger partial charge in [0, 0.05) is 12.8 Å². The van der Waals surface area contributed by atoms with E-state index in [0.717, 1.165) is 44.9 Å². The largest absolute Gasteiger partial charge is 0.545 e. The van der Waals surface area contributed by atoms with Gasteiger partial charge in [0.1, 0.15) is 13.2 Å². The molecule has 0 aliphatic rings. The molecule has 9 nitrogen and oxygen atoms in total. The lowest BCUT2D eigenvalue weighted by atomic mass is 10.0. The molecule has 0 rings (SSSR count). The molecular formula is C73H139NO8. The quantitative estimate of drug-likeness (QED) is 0.0195. The second-order valence-electron chi connectivity index (χ2n) is 25.9. The molecule has 0 aliphatic heterocycles. The predicted molar refractivity (Wildman–Crippen MR) is 348 cm³/mol. The number of quaternary nitrogens is 1. The Morgan fingerprint density at radius 3 is 0.963 bits per heavy atom. The Morgan fingerprint density at radius 1 is 0.366 bits per heavy atom. The fourth-order valence-corrected chi connectivity index (χ4v) is 10.9. The minimum Gasteiger partial charge on any atom is -0.545 e. The summed E-state index contributed by atoms with van der Waals surface area (Å²) in [6.45, 7) is 4.80. The van der Waals surface area contributed by atoms with Crippen LogP contribution >= 0.6 is 0 Å². The van der Waals surface area contributed by atoms with E-state index in [-0.39, 0.29) is 32.2 Å². The molecule has 0 aromatic rings. The molecule has 2 atom stereocenters. The van der Waals surface area contributed by atoms with Gasteiger partial charge in [0.25, 0.3) is 0 Å². The van der Waals surface area contributed by atoms with Crippen molar-refractivity contribution in [2.45, 2.75) is 379 Å². The summed E-state index contributed by atoms with van der Waals surface area (Å²) in [5, 5.41) is 11.8. The summed E-state index contributed by atoms with van der Waals surface area (Å²) in [5.41, 5.74) is 0. The number of ether oxygens (including phenoxy) is 4. The Balaban J connectivity index is 3.89. The Kier molecular flexibility index (Phi) is 63.0. The van der Waals surface area contributed by atoms with Crippen LogP contribution in [0.3, 0.4) is 0 Å². The summed E-state index contributed by atoms with van der Waals surface area (Å²) < 4.78 is 22.8. The lowest BCUT2D eigenvalue weighted by Crippen LogP contribution is -2.44. The van der Waals surface area contributed by atoms with Crippen LogP contribution in [0.1, 0.15) is 367 Å². The number of aliphatic carboxylic acids is 1. The van der Waals surface area contributed by atoms with Gasteiger partial charge in [0.2, 0.25) is 0 Å². The normalized spacial score (nSPS) is 12.7. The van der Waals surface area contributed by atoms with Crippen molar-refractivity contribution in [3.8, 4) is 0 Å². The van der Waals surface area contributed by atoms with Crippen molar-refractivity contribution in [3.05, 3.63) is 24.3 Å². The average Bonchev–Trinajstić information content (AvgIpc) is 3.45. The molecule has 2 unspecified atom stereocenters. The maximum atomic E-state index is 12.9. The maximum absolute atomic E-state index is 12.9. The summed E-state index contributed by atoms with van der Waals surface area (Å²) in [5.74, 6) is -2.25. The van der Waals surface area contributed by atoms with Crippen LogP contribution < -0.4 is 5.11 Å². The number of esters is 2. The average molecular weight is 1160 g/mol. The molecule has 0 saturated carbocycles. The van der Waals surface area contributed by atoms with E-state index in [2.05, 4.69) is 38.2 Å². The molecule has 0 aromatic carbocycles. The first-order chi connectivity index (χ1) is 40.1. The van der Waals surface area contributed by atoms with Crippen LogP contribution in [0.5, 0.6) is 0 Å². The van der Waals surface area contributed by atoms with E-state index in [0.29, 0.717) is 17.4 Å². The number of hydrogen-bond donors (Lipinski definition) is 0. The van der Waals surface area contributed by atoms with Crippen molar-refractivity contribution in [1.29, 1.82) is 0 Å². The highest BCUT2D eigenvalue weighted by molar-refractivity contribution is 5.70. The van der Waals surface area contributed by atoms with E-state index in [9.17, 15) is 19.5 Å². The molecule has 0 aromatic heterocycles. The maximum Gasteiger partial charge on any atom is 0.306 e. The zero-order valence-corrected chi connectivity index (χ0v) is 55.4. The molecule has 484 valence electrons. The second kappa shape index (κ2) is 64.8. The predicted octanol–water partition coefficient (Wildman–Crippen LogP) is 20.9. The number of carbonyl (C=O) groups is 3. The zero-order chi connectivity index (χ0) is 59.8. The summed E-state index contributed by atoms with van der Waals surface area (Å²) in [7, 11) is 5.94. The first-order valence-electron chi connectivity index (χ1n) is 36.0. The van der Waals surface area contributed by atoms with Crippen molar-refractivity contribution in [1.82, 2.24) is 0 Å². The van der Waals surface area contributed by atoms with Crippen LogP contribution in [-0.4, -0.2) is 82.3 Å². The fourth-order valence-electron chi connectivity index (χ4n) is 10.9. The molecule has 0 amide bonds. The Morgan fingerprint density at radius 2 is 0.659 bits per heavy atom. The van der Waals surface area contributed by atoms with Crippen LogP contribution in [0.25, 0.3) is 0 Å². The molecule has 0 saturated heterocycles. The lowest BCUT2D eigenvalue weighted by molar-refractivity contribution is -0.870. The topological polar surface area (TPSA) is 111 Å². The van der Waals surface area contributed by atoms with Crippen LogP contribution in [0.15, 0.2) is 24.3 Å². The van der Waals surface area contributed by atoms with Gasteiger partial charge >= 0.3 is 11.9 Å². The van der Waals surface area contributed by atoms with Gasteiger partial charge in [-0.1, -0.05) is 334 Å². The molecule has 0 heterocycles. The summed E-state index contributed by atoms with van der Waals surface area (Å²) in [6.07, 6.45) is 77.2. The number of allylic oxidation sites excluding steroid dienone is 4. The van der Waals surface area contributed by atoms with Gasteiger partial charge in [-0.15, -0.1) is 0 Å². The van der Waals surface area contributed by atoms with E-state index in [1.165, 1.54) is 295 Å². The monoisotopic (exact) mass is 1160 g/mol. The number of rotatable bonds is 68. The summed E-state index contributed by atoms with van der Waals surface area (Å²) >= 11 is 0. The van der Waals surface area contributed by atoms with Crippen LogP contribution in [-0.2, 0) is 33.3 Å². The fraction of sp³-hybridized carbons (Fsp3) is 0.904. The molecule has 9 heteroatoms. The van der Waals surface area contributed by atoms with E-state index in [4.69, 9.17) is 18.9 Å². The first kappa shape index (κ1) is 79.8. The SMILES string of the molecule is CCCCCCC/C=C\C/C=C\CCCCCCCCCCCCCCCCCCCCCCCCCCCCCCCC(=O)OC(COC(=O)CCCCCCCCCCCCCCCCCC)COC(OCC[N+](C)(C)C)C(=O)[O-]. The smallest absolute Gasteiger partial charge is 0.306 e. The van der Waals surface area contributed by atoms with Crippen molar-refractivity contribution >= 4 is 17.9 Å². The molecule has 0 N–H and O–H groups in total.